The van der Waals surface area contributed by atoms with Crippen molar-refractivity contribution in [3.8, 4) is 5.75 Å². The Bertz CT molecular complexity index is 534. The largest absolute Gasteiger partial charge is 0.483 e. The maximum absolute atomic E-state index is 11.9. The van der Waals surface area contributed by atoms with E-state index in [2.05, 4.69) is 4.98 Å². The predicted octanol–water partition coefficient (Wildman–Crippen LogP) is 2.22. The summed E-state index contributed by atoms with van der Waals surface area (Å²) < 4.78 is 5.89. The molecule has 2 aliphatic rings. The lowest BCUT2D eigenvalue weighted by atomic mass is 10.00. The van der Waals surface area contributed by atoms with E-state index >= 15 is 0 Å². The van der Waals surface area contributed by atoms with Gasteiger partial charge in [-0.05, 0) is 32.4 Å². The van der Waals surface area contributed by atoms with Gasteiger partial charge in [0, 0.05) is 25.4 Å². The Hall–Kier alpha value is -1.84. The first-order valence-corrected chi connectivity index (χ1v) is 6.23. The smallest absolute Gasteiger partial charge is 0.227 e. The number of pyridine rings is 1. The number of amides is 1. The van der Waals surface area contributed by atoms with Crippen molar-refractivity contribution < 1.29 is 9.53 Å². The maximum Gasteiger partial charge on any atom is 0.227 e. The highest BCUT2D eigenvalue weighted by molar-refractivity contribution is 5.90. The molecule has 0 unspecified atom stereocenters. The quantitative estimate of drug-likeness (QED) is 0.760. The SMILES string of the molecule is CC1(C)C=C(N2CCCC2=O)c2cnccc2O1. The summed E-state index contributed by atoms with van der Waals surface area (Å²) in [6.45, 7) is 4.78. The fraction of sp³-hybridized carbons (Fsp3) is 0.429. The van der Waals surface area contributed by atoms with E-state index in [1.807, 2.05) is 30.9 Å². The van der Waals surface area contributed by atoms with Crippen LogP contribution in [0, 0.1) is 0 Å². The molecule has 4 nitrogen and oxygen atoms in total. The van der Waals surface area contributed by atoms with Crippen molar-refractivity contribution in [2.24, 2.45) is 0 Å². The van der Waals surface area contributed by atoms with Crippen molar-refractivity contribution in [1.29, 1.82) is 0 Å². The van der Waals surface area contributed by atoms with E-state index in [1.165, 1.54) is 0 Å². The zero-order valence-corrected chi connectivity index (χ0v) is 10.6. The molecule has 1 saturated heterocycles. The molecule has 0 bridgehead atoms. The molecular formula is C14H16N2O2. The molecule has 1 aromatic heterocycles. The van der Waals surface area contributed by atoms with Gasteiger partial charge in [-0.1, -0.05) is 0 Å². The van der Waals surface area contributed by atoms with Gasteiger partial charge in [0.15, 0.2) is 0 Å². The Morgan fingerprint density at radius 2 is 2.28 bits per heavy atom. The fourth-order valence-electron chi connectivity index (χ4n) is 2.51. The summed E-state index contributed by atoms with van der Waals surface area (Å²) in [6.07, 6.45) is 7.05. The van der Waals surface area contributed by atoms with E-state index in [9.17, 15) is 4.79 Å². The molecule has 18 heavy (non-hydrogen) atoms. The zero-order valence-electron chi connectivity index (χ0n) is 10.6. The Kier molecular flexibility index (Phi) is 2.40. The molecule has 2 aliphatic heterocycles. The molecule has 0 radical (unpaired) electrons. The van der Waals surface area contributed by atoms with Gasteiger partial charge in [-0.2, -0.15) is 0 Å². The summed E-state index contributed by atoms with van der Waals surface area (Å²) in [5, 5.41) is 0. The Balaban J connectivity index is 2.10. The van der Waals surface area contributed by atoms with Crippen molar-refractivity contribution in [2.45, 2.75) is 32.3 Å². The van der Waals surface area contributed by atoms with E-state index in [0.29, 0.717) is 6.42 Å². The number of hydrogen-bond donors (Lipinski definition) is 0. The van der Waals surface area contributed by atoms with Gasteiger partial charge in [0.25, 0.3) is 0 Å². The predicted molar refractivity (Wildman–Crippen MR) is 67.9 cm³/mol. The minimum atomic E-state index is -0.396. The van der Waals surface area contributed by atoms with Crippen LogP contribution in [0.1, 0.15) is 32.3 Å². The normalized spacial score (nSPS) is 21.3. The summed E-state index contributed by atoms with van der Waals surface area (Å²) in [6, 6.07) is 1.85. The van der Waals surface area contributed by atoms with Crippen LogP contribution in [0.15, 0.2) is 24.5 Å². The van der Waals surface area contributed by atoms with Crippen LogP contribution in [0.3, 0.4) is 0 Å². The van der Waals surface area contributed by atoms with E-state index in [-0.39, 0.29) is 5.91 Å². The van der Waals surface area contributed by atoms with Crippen LogP contribution in [-0.4, -0.2) is 27.9 Å². The molecule has 0 atom stereocenters. The molecule has 3 heterocycles. The first-order valence-electron chi connectivity index (χ1n) is 6.23. The van der Waals surface area contributed by atoms with Gasteiger partial charge in [-0.25, -0.2) is 0 Å². The highest BCUT2D eigenvalue weighted by Crippen LogP contribution is 2.38. The Labute approximate surface area is 106 Å². The number of aromatic nitrogens is 1. The number of likely N-dealkylation sites (tertiary alicyclic amines) is 1. The van der Waals surface area contributed by atoms with Crippen LogP contribution in [-0.2, 0) is 4.79 Å². The van der Waals surface area contributed by atoms with Gasteiger partial charge >= 0.3 is 0 Å². The van der Waals surface area contributed by atoms with E-state index in [1.54, 1.807) is 12.4 Å². The second-order valence-corrected chi connectivity index (χ2v) is 5.26. The van der Waals surface area contributed by atoms with Crippen molar-refractivity contribution in [2.75, 3.05) is 6.54 Å². The molecule has 1 fully saturated rings. The number of carbonyl (C=O) groups excluding carboxylic acids is 1. The van der Waals surface area contributed by atoms with Crippen molar-refractivity contribution >= 4 is 11.6 Å². The average Bonchev–Trinajstić information content (AvgIpc) is 2.73. The first-order chi connectivity index (χ1) is 8.57. The molecule has 0 spiro atoms. The van der Waals surface area contributed by atoms with Crippen LogP contribution in [0.2, 0.25) is 0 Å². The lowest BCUT2D eigenvalue weighted by Gasteiger charge is -2.33. The molecular weight excluding hydrogens is 228 g/mol. The van der Waals surface area contributed by atoms with E-state index < -0.39 is 5.60 Å². The molecule has 0 saturated carbocycles. The summed E-state index contributed by atoms with van der Waals surface area (Å²) in [5.74, 6) is 0.987. The van der Waals surface area contributed by atoms with Crippen molar-refractivity contribution in [1.82, 2.24) is 9.88 Å². The first kappa shape index (κ1) is 11.3. The third-order valence-electron chi connectivity index (χ3n) is 3.28. The third kappa shape index (κ3) is 1.78. The summed E-state index contributed by atoms with van der Waals surface area (Å²) in [7, 11) is 0. The second kappa shape index (κ2) is 3.83. The van der Waals surface area contributed by atoms with E-state index in [0.717, 1.165) is 30.0 Å². The lowest BCUT2D eigenvalue weighted by molar-refractivity contribution is -0.124. The number of ether oxygens (including phenoxy) is 1. The highest BCUT2D eigenvalue weighted by Gasteiger charge is 2.33. The highest BCUT2D eigenvalue weighted by atomic mass is 16.5. The molecule has 0 N–H and O–H groups in total. The molecule has 0 aromatic carbocycles. The van der Waals surface area contributed by atoms with Crippen molar-refractivity contribution in [3.05, 3.63) is 30.1 Å². The monoisotopic (exact) mass is 244 g/mol. The second-order valence-electron chi connectivity index (χ2n) is 5.26. The summed E-state index contributed by atoms with van der Waals surface area (Å²) >= 11 is 0. The number of rotatable bonds is 1. The number of fused-ring (bicyclic) bond motifs is 1. The van der Waals surface area contributed by atoms with Crippen LogP contribution in [0.25, 0.3) is 5.70 Å². The molecule has 4 heteroatoms. The molecule has 94 valence electrons. The maximum atomic E-state index is 11.9. The van der Waals surface area contributed by atoms with Gasteiger partial charge in [0.05, 0.1) is 11.3 Å². The summed E-state index contributed by atoms with van der Waals surface area (Å²) in [4.78, 5) is 17.9. The Morgan fingerprint density at radius 3 is 3.00 bits per heavy atom. The van der Waals surface area contributed by atoms with Crippen LogP contribution < -0.4 is 4.74 Å². The van der Waals surface area contributed by atoms with Crippen LogP contribution in [0.4, 0.5) is 0 Å². The minimum Gasteiger partial charge on any atom is -0.483 e. The lowest BCUT2D eigenvalue weighted by Crippen LogP contribution is -2.34. The van der Waals surface area contributed by atoms with Crippen LogP contribution >= 0.6 is 0 Å². The molecule has 1 amide bonds. The topological polar surface area (TPSA) is 42.4 Å². The number of carbonyl (C=O) groups is 1. The average molecular weight is 244 g/mol. The van der Waals surface area contributed by atoms with E-state index in [4.69, 9.17) is 4.74 Å². The van der Waals surface area contributed by atoms with Crippen molar-refractivity contribution in [3.63, 3.8) is 0 Å². The Morgan fingerprint density at radius 1 is 1.44 bits per heavy atom. The number of hydrogen-bond acceptors (Lipinski definition) is 3. The number of nitrogens with zero attached hydrogens (tertiary/aromatic N) is 2. The summed E-state index contributed by atoms with van der Waals surface area (Å²) in [5.41, 5.74) is 1.45. The van der Waals surface area contributed by atoms with Gasteiger partial charge in [0.1, 0.15) is 11.4 Å². The molecule has 1 aromatic rings. The van der Waals surface area contributed by atoms with Gasteiger partial charge in [-0.15, -0.1) is 0 Å². The molecule has 3 rings (SSSR count). The third-order valence-corrected chi connectivity index (χ3v) is 3.28. The fourth-order valence-corrected chi connectivity index (χ4v) is 2.51. The van der Waals surface area contributed by atoms with Gasteiger partial charge in [-0.3, -0.25) is 9.78 Å². The van der Waals surface area contributed by atoms with Gasteiger partial charge < -0.3 is 9.64 Å². The standard InChI is InChI=1S/C14H16N2O2/c1-14(2)8-11(16-7-3-4-13(16)17)10-9-15-6-5-12(10)18-14/h5-6,8-9H,3-4,7H2,1-2H3. The van der Waals surface area contributed by atoms with Gasteiger partial charge in [0.2, 0.25) is 5.91 Å². The molecule has 0 aliphatic carbocycles. The zero-order chi connectivity index (χ0) is 12.8. The van der Waals surface area contributed by atoms with Crippen LogP contribution in [0.5, 0.6) is 5.75 Å². The minimum absolute atomic E-state index is 0.189.